The Morgan fingerprint density at radius 1 is 1.33 bits per heavy atom. The molecule has 1 aromatic rings. The summed E-state index contributed by atoms with van der Waals surface area (Å²) in [5.74, 6) is 0.727. The first kappa shape index (κ1) is 15.5. The maximum atomic E-state index is 6.29. The molecule has 1 aliphatic heterocycles. The summed E-state index contributed by atoms with van der Waals surface area (Å²) in [6.07, 6.45) is 9.13. The lowest BCUT2D eigenvalue weighted by atomic mass is 9.73. The molecule has 2 fully saturated rings. The van der Waals surface area contributed by atoms with Gasteiger partial charge in [-0.15, -0.1) is 0 Å². The minimum absolute atomic E-state index is 0.207. The molecule has 3 heteroatoms. The average Bonchev–Trinajstić information content (AvgIpc) is 2.91. The van der Waals surface area contributed by atoms with Crippen LogP contribution in [0, 0.1) is 12.8 Å². The molecular weight excluding hydrogens is 278 g/mol. The van der Waals surface area contributed by atoms with Crippen LogP contribution in [-0.2, 0) is 4.74 Å². The number of thiophene rings is 1. The van der Waals surface area contributed by atoms with Gasteiger partial charge < -0.3 is 10.1 Å². The van der Waals surface area contributed by atoms with Gasteiger partial charge in [-0.3, -0.25) is 0 Å². The molecule has 0 radical (unpaired) electrons. The third kappa shape index (κ3) is 3.35. The van der Waals surface area contributed by atoms with Crippen LogP contribution in [0.1, 0.15) is 69.0 Å². The lowest BCUT2D eigenvalue weighted by Crippen LogP contribution is -2.44. The lowest BCUT2D eigenvalue weighted by molar-refractivity contribution is -0.122. The molecule has 1 N–H and O–H groups in total. The van der Waals surface area contributed by atoms with Crippen LogP contribution in [0.25, 0.3) is 0 Å². The van der Waals surface area contributed by atoms with Gasteiger partial charge in [-0.25, -0.2) is 0 Å². The van der Waals surface area contributed by atoms with Crippen molar-refractivity contribution < 1.29 is 4.74 Å². The van der Waals surface area contributed by atoms with E-state index in [9.17, 15) is 0 Å². The van der Waals surface area contributed by atoms with Gasteiger partial charge in [-0.2, -0.15) is 11.3 Å². The Balaban J connectivity index is 1.77. The highest BCUT2D eigenvalue weighted by atomic mass is 32.1. The van der Waals surface area contributed by atoms with Gasteiger partial charge in [-0.1, -0.05) is 26.2 Å². The van der Waals surface area contributed by atoms with E-state index in [0.717, 1.165) is 19.1 Å². The van der Waals surface area contributed by atoms with Crippen molar-refractivity contribution in [2.75, 3.05) is 13.2 Å². The summed E-state index contributed by atoms with van der Waals surface area (Å²) >= 11 is 1.84. The fourth-order valence-electron chi connectivity index (χ4n) is 4.33. The van der Waals surface area contributed by atoms with Crippen LogP contribution in [-0.4, -0.2) is 18.8 Å². The molecule has 1 saturated carbocycles. The smallest absolute Gasteiger partial charge is 0.0686 e. The Kier molecular flexibility index (Phi) is 5.03. The summed E-state index contributed by atoms with van der Waals surface area (Å²) < 4.78 is 6.29. The molecule has 2 heterocycles. The highest BCUT2D eigenvalue weighted by Crippen LogP contribution is 2.44. The van der Waals surface area contributed by atoms with E-state index < -0.39 is 0 Å². The van der Waals surface area contributed by atoms with Crippen molar-refractivity contribution in [1.82, 2.24) is 5.32 Å². The average molecular weight is 308 g/mol. The van der Waals surface area contributed by atoms with Crippen molar-refractivity contribution >= 4 is 11.3 Å². The van der Waals surface area contributed by atoms with Gasteiger partial charge in [0.2, 0.25) is 0 Å². The van der Waals surface area contributed by atoms with Crippen LogP contribution in [0.3, 0.4) is 0 Å². The maximum absolute atomic E-state index is 6.29. The fraction of sp³-hybridized carbons (Fsp3) is 0.778. The van der Waals surface area contributed by atoms with E-state index in [0.29, 0.717) is 6.04 Å². The van der Waals surface area contributed by atoms with Gasteiger partial charge in [0.15, 0.2) is 0 Å². The van der Waals surface area contributed by atoms with Gasteiger partial charge in [0, 0.05) is 12.6 Å². The lowest BCUT2D eigenvalue weighted by Gasteiger charge is -2.45. The monoisotopic (exact) mass is 307 g/mol. The molecule has 2 nitrogen and oxygen atoms in total. The molecule has 2 aliphatic rings. The molecule has 0 bridgehead atoms. The SMILES string of the molecule is CCNC(c1cscc1C)C1CCOC2(CCCCC2)C1. The summed E-state index contributed by atoms with van der Waals surface area (Å²) in [6, 6.07) is 0.518. The van der Waals surface area contributed by atoms with E-state index in [2.05, 4.69) is 29.9 Å². The van der Waals surface area contributed by atoms with Crippen molar-refractivity contribution in [2.45, 2.75) is 70.4 Å². The topological polar surface area (TPSA) is 21.3 Å². The zero-order valence-electron chi connectivity index (χ0n) is 13.5. The second-order valence-corrected chi connectivity index (χ2v) is 7.63. The molecule has 1 saturated heterocycles. The minimum atomic E-state index is 0.207. The van der Waals surface area contributed by atoms with Gasteiger partial charge in [0.25, 0.3) is 0 Å². The number of aryl methyl sites for hydroxylation is 1. The molecule has 0 amide bonds. The summed E-state index contributed by atoms with van der Waals surface area (Å²) in [5, 5.41) is 8.41. The third-order valence-electron chi connectivity index (χ3n) is 5.42. The van der Waals surface area contributed by atoms with Gasteiger partial charge in [0.05, 0.1) is 5.60 Å². The molecule has 21 heavy (non-hydrogen) atoms. The van der Waals surface area contributed by atoms with Crippen LogP contribution >= 0.6 is 11.3 Å². The first-order chi connectivity index (χ1) is 10.2. The molecule has 3 rings (SSSR count). The van der Waals surface area contributed by atoms with Crippen LogP contribution in [0.5, 0.6) is 0 Å². The standard InChI is InChI=1S/C18H29NOS/c1-3-19-17(16-13-21-12-14(16)2)15-7-10-20-18(11-15)8-5-4-6-9-18/h12-13,15,17,19H,3-11H2,1-2H3. The van der Waals surface area contributed by atoms with Crippen LogP contribution in [0.4, 0.5) is 0 Å². The van der Waals surface area contributed by atoms with Gasteiger partial charge in [-0.05, 0) is 67.0 Å². The van der Waals surface area contributed by atoms with Gasteiger partial charge in [0.1, 0.15) is 0 Å². The van der Waals surface area contributed by atoms with E-state index in [-0.39, 0.29) is 5.60 Å². The van der Waals surface area contributed by atoms with E-state index in [4.69, 9.17) is 4.74 Å². The number of hydrogen-bond acceptors (Lipinski definition) is 3. The first-order valence-electron chi connectivity index (χ1n) is 8.64. The number of nitrogens with one attached hydrogen (secondary N) is 1. The highest BCUT2D eigenvalue weighted by Gasteiger charge is 2.41. The van der Waals surface area contributed by atoms with Crippen molar-refractivity contribution in [3.05, 3.63) is 21.9 Å². The third-order valence-corrected chi connectivity index (χ3v) is 6.30. The Morgan fingerprint density at radius 3 is 2.81 bits per heavy atom. The van der Waals surface area contributed by atoms with Crippen molar-refractivity contribution in [3.8, 4) is 0 Å². The summed E-state index contributed by atoms with van der Waals surface area (Å²) in [7, 11) is 0. The molecule has 1 aromatic heterocycles. The van der Waals surface area contributed by atoms with E-state index >= 15 is 0 Å². The quantitative estimate of drug-likeness (QED) is 0.859. The molecule has 2 atom stereocenters. The molecule has 1 aliphatic carbocycles. The molecule has 0 aromatic carbocycles. The van der Waals surface area contributed by atoms with Crippen molar-refractivity contribution in [3.63, 3.8) is 0 Å². The molecule has 1 spiro atoms. The number of ether oxygens (including phenoxy) is 1. The Labute approximate surface area is 133 Å². The van der Waals surface area contributed by atoms with Crippen LogP contribution in [0.15, 0.2) is 10.8 Å². The largest absolute Gasteiger partial charge is 0.375 e. The highest BCUT2D eigenvalue weighted by molar-refractivity contribution is 7.08. The fourth-order valence-corrected chi connectivity index (χ4v) is 5.22. The molecule has 2 unspecified atom stereocenters. The van der Waals surface area contributed by atoms with Crippen molar-refractivity contribution in [1.29, 1.82) is 0 Å². The zero-order chi connectivity index (χ0) is 14.7. The Bertz CT molecular complexity index is 444. The molecular formula is C18H29NOS. The van der Waals surface area contributed by atoms with Crippen molar-refractivity contribution in [2.24, 2.45) is 5.92 Å². The number of hydrogen-bond donors (Lipinski definition) is 1. The normalized spacial score (nSPS) is 26.9. The number of rotatable bonds is 4. The first-order valence-corrected chi connectivity index (χ1v) is 9.58. The second-order valence-electron chi connectivity index (χ2n) is 6.89. The molecule has 118 valence electrons. The Morgan fingerprint density at radius 2 is 2.14 bits per heavy atom. The predicted octanol–water partition coefficient (Wildman–Crippen LogP) is 4.84. The van der Waals surface area contributed by atoms with E-state index in [1.54, 1.807) is 0 Å². The summed E-state index contributed by atoms with van der Waals surface area (Å²) in [5.41, 5.74) is 3.19. The Hall–Kier alpha value is -0.380. The zero-order valence-corrected chi connectivity index (χ0v) is 14.3. The minimum Gasteiger partial charge on any atom is -0.375 e. The van der Waals surface area contributed by atoms with E-state index in [1.165, 1.54) is 56.1 Å². The van der Waals surface area contributed by atoms with Crippen LogP contribution < -0.4 is 5.32 Å². The van der Waals surface area contributed by atoms with E-state index in [1.807, 2.05) is 11.3 Å². The van der Waals surface area contributed by atoms with Crippen LogP contribution in [0.2, 0.25) is 0 Å². The maximum Gasteiger partial charge on any atom is 0.0686 e. The second kappa shape index (κ2) is 6.80. The predicted molar refractivity (Wildman–Crippen MR) is 90.0 cm³/mol. The summed E-state index contributed by atoms with van der Waals surface area (Å²) in [4.78, 5) is 0. The van der Waals surface area contributed by atoms with Gasteiger partial charge >= 0.3 is 0 Å². The summed E-state index contributed by atoms with van der Waals surface area (Å²) in [6.45, 7) is 6.48.